The van der Waals surface area contributed by atoms with Crippen molar-refractivity contribution in [3.63, 3.8) is 0 Å². The van der Waals surface area contributed by atoms with Crippen LogP contribution in [0.3, 0.4) is 0 Å². The van der Waals surface area contributed by atoms with Gasteiger partial charge in [-0.3, -0.25) is 4.79 Å². The van der Waals surface area contributed by atoms with E-state index in [1.54, 1.807) is 0 Å². The maximum atomic E-state index is 12.7. The van der Waals surface area contributed by atoms with E-state index in [-0.39, 0.29) is 5.91 Å². The number of imidazole rings is 1. The zero-order chi connectivity index (χ0) is 17.1. The van der Waals surface area contributed by atoms with E-state index in [1.165, 1.54) is 5.56 Å². The van der Waals surface area contributed by atoms with Crippen LogP contribution in [-0.2, 0) is 13.6 Å². The van der Waals surface area contributed by atoms with Crippen molar-refractivity contribution in [1.82, 2.24) is 19.4 Å². The van der Waals surface area contributed by atoms with Crippen molar-refractivity contribution >= 4 is 5.91 Å². The maximum Gasteiger partial charge on any atom is 0.253 e. The van der Waals surface area contributed by atoms with Gasteiger partial charge in [0.2, 0.25) is 0 Å². The summed E-state index contributed by atoms with van der Waals surface area (Å²) in [5.74, 6) is 1.73. The molecule has 24 heavy (non-hydrogen) atoms. The van der Waals surface area contributed by atoms with Crippen molar-refractivity contribution in [3.05, 3.63) is 53.6 Å². The van der Waals surface area contributed by atoms with Gasteiger partial charge in [0, 0.05) is 50.6 Å². The van der Waals surface area contributed by atoms with Crippen molar-refractivity contribution in [2.24, 2.45) is 7.05 Å². The molecule has 0 aliphatic carbocycles. The molecule has 1 aromatic heterocycles. The van der Waals surface area contributed by atoms with Crippen LogP contribution < -0.4 is 0 Å². The number of hydrogen-bond acceptors (Lipinski definition) is 3. The third kappa shape index (κ3) is 3.67. The van der Waals surface area contributed by atoms with Crippen molar-refractivity contribution in [3.8, 4) is 0 Å². The Morgan fingerprint density at radius 1 is 1.21 bits per heavy atom. The van der Waals surface area contributed by atoms with E-state index < -0.39 is 0 Å². The number of piperidine rings is 1. The topological polar surface area (TPSA) is 41.4 Å². The van der Waals surface area contributed by atoms with E-state index in [0.717, 1.165) is 43.9 Å². The smallest absolute Gasteiger partial charge is 0.253 e. The van der Waals surface area contributed by atoms with Gasteiger partial charge in [-0.15, -0.1) is 0 Å². The number of aryl methyl sites for hydroxylation is 1. The average molecular weight is 326 g/mol. The summed E-state index contributed by atoms with van der Waals surface area (Å²) in [6.45, 7) is 2.50. The van der Waals surface area contributed by atoms with E-state index in [4.69, 9.17) is 0 Å². The fraction of sp³-hybridized carbons (Fsp3) is 0.474. The van der Waals surface area contributed by atoms with Crippen LogP contribution in [0.1, 0.15) is 40.5 Å². The number of carbonyl (C=O) groups is 1. The first kappa shape index (κ1) is 16.7. The number of hydrogen-bond donors (Lipinski definition) is 0. The van der Waals surface area contributed by atoms with Gasteiger partial charge in [-0.05, 0) is 44.6 Å². The first-order valence-corrected chi connectivity index (χ1v) is 8.55. The molecule has 0 bridgehead atoms. The predicted octanol–water partition coefficient (Wildman–Crippen LogP) is 2.50. The number of likely N-dealkylation sites (tertiary alicyclic amines) is 1. The molecular weight excluding hydrogens is 300 g/mol. The lowest BCUT2D eigenvalue weighted by Gasteiger charge is -2.31. The molecule has 128 valence electrons. The summed E-state index contributed by atoms with van der Waals surface area (Å²) in [6, 6.07) is 8.00. The highest BCUT2D eigenvalue weighted by Crippen LogP contribution is 2.27. The van der Waals surface area contributed by atoms with Gasteiger partial charge in [0.25, 0.3) is 5.91 Å². The summed E-state index contributed by atoms with van der Waals surface area (Å²) >= 11 is 0. The van der Waals surface area contributed by atoms with Gasteiger partial charge in [0.1, 0.15) is 5.82 Å². The van der Waals surface area contributed by atoms with Crippen LogP contribution in [-0.4, -0.2) is 52.4 Å². The van der Waals surface area contributed by atoms with Gasteiger partial charge in [0.05, 0.1) is 0 Å². The Morgan fingerprint density at radius 2 is 1.88 bits per heavy atom. The molecule has 5 nitrogen and oxygen atoms in total. The van der Waals surface area contributed by atoms with Crippen LogP contribution in [0.2, 0.25) is 0 Å². The molecule has 0 unspecified atom stereocenters. The molecule has 1 saturated heterocycles. The average Bonchev–Trinajstić information content (AvgIpc) is 3.00. The van der Waals surface area contributed by atoms with Crippen molar-refractivity contribution < 1.29 is 4.79 Å². The zero-order valence-electron chi connectivity index (χ0n) is 14.8. The number of nitrogens with zero attached hydrogens (tertiary/aromatic N) is 4. The second kappa shape index (κ2) is 7.18. The van der Waals surface area contributed by atoms with E-state index in [1.807, 2.05) is 62.7 Å². The third-order valence-corrected chi connectivity index (χ3v) is 4.71. The lowest BCUT2D eigenvalue weighted by Crippen LogP contribution is -2.38. The second-order valence-electron chi connectivity index (χ2n) is 6.90. The van der Waals surface area contributed by atoms with Crippen LogP contribution in [0.25, 0.3) is 0 Å². The summed E-state index contributed by atoms with van der Waals surface area (Å²) in [5, 5.41) is 0. The summed E-state index contributed by atoms with van der Waals surface area (Å²) in [4.78, 5) is 21.2. The molecule has 2 aromatic rings. The number of rotatable bonds is 4. The lowest BCUT2D eigenvalue weighted by molar-refractivity contribution is 0.0710. The van der Waals surface area contributed by atoms with Crippen LogP contribution in [0, 0.1) is 0 Å². The first-order valence-electron chi connectivity index (χ1n) is 8.55. The Hall–Kier alpha value is -2.14. The number of aromatic nitrogens is 2. The van der Waals surface area contributed by atoms with Crippen molar-refractivity contribution in [2.75, 3.05) is 27.2 Å². The van der Waals surface area contributed by atoms with Gasteiger partial charge in [0.15, 0.2) is 0 Å². The number of benzene rings is 1. The Labute approximate surface area is 143 Å². The lowest BCUT2D eigenvalue weighted by atomic mass is 9.95. The Balaban J connectivity index is 1.60. The molecule has 1 aliphatic rings. The van der Waals surface area contributed by atoms with Gasteiger partial charge < -0.3 is 14.4 Å². The van der Waals surface area contributed by atoms with Crippen LogP contribution in [0.15, 0.2) is 36.7 Å². The molecule has 0 spiro atoms. The minimum absolute atomic E-state index is 0.143. The molecule has 1 aromatic carbocycles. The SMILES string of the molecule is CN(C)Cc1ccc(C(=O)N2CCC(c3nccn3C)CC2)cc1. The Morgan fingerprint density at radius 3 is 2.42 bits per heavy atom. The normalized spacial score (nSPS) is 15.9. The molecule has 3 rings (SSSR count). The molecule has 0 radical (unpaired) electrons. The van der Waals surface area contributed by atoms with E-state index >= 15 is 0 Å². The van der Waals surface area contributed by atoms with E-state index in [2.05, 4.69) is 14.5 Å². The second-order valence-corrected chi connectivity index (χ2v) is 6.90. The molecular formula is C19H26N4O. The maximum absolute atomic E-state index is 12.7. The van der Waals surface area contributed by atoms with E-state index in [9.17, 15) is 4.79 Å². The van der Waals surface area contributed by atoms with Crippen molar-refractivity contribution in [2.45, 2.75) is 25.3 Å². The van der Waals surface area contributed by atoms with E-state index in [0.29, 0.717) is 5.92 Å². The van der Waals surface area contributed by atoms with Crippen LogP contribution in [0.4, 0.5) is 0 Å². The Kier molecular flexibility index (Phi) is 5.00. The fourth-order valence-corrected chi connectivity index (χ4v) is 3.41. The zero-order valence-corrected chi connectivity index (χ0v) is 14.8. The van der Waals surface area contributed by atoms with Crippen LogP contribution in [0.5, 0.6) is 0 Å². The monoisotopic (exact) mass is 326 g/mol. The fourth-order valence-electron chi connectivity index (χ4n) is 3.41. The standard InChI is InChI=1S/C19H26N4O/c1-21(2)14-15-4-6-17(7-5-15)19(24)23-11-8-16(9-12-23)18-20-10-13-22(18)3/h4-7,10,13,16H,8-9,11-12,14H2,1-3H3. The highest BCUT2D eigenvalue weighted by molar-refractivity contribution is 5.94. The molecule has 1 amide bonds. The summed E-state index contributed by atoms with van der Waals surface area (Å²) in [7, 11) is 6.13. The van der Waals surface area contributed by atoms with Gasteiger partial charge in [-0.1, -0.05) is 12.1 Å². The molecule has 2 heterocycles. The minimum atomic E-state index is 0.143. The first-order chi connectivity index (χ1) is 11.5. The third-order valence-electron chi connectivity index (χ3n) is 4.71. The van der Waals surface area contributed by atoms with Crippen molar-refractivity contribution in [1.29, 1.82) is 0 Å². The van der Waals surface area contributed by atoms with Gasteiger partial charge in [-0.25, -0.2) is 4.98 Å². The number of amides is 1. The highest BCUT2D eigenvalue weighted by Gasteiger charge is 2.26. The largest absolute Gasteiger partial charge is 0.339 e. The molecule has 5 heteroatoms. The minimum Gasteiger partial charge on any atom is -0.339 e. The predicted molar refractivity (Wildman–Crippen MR) is 94.9 cm³/mol. The highest BCUT2D eigenvalue weighted by atomic mass is 16.2. The molecule has 1 aliphatic heterocycles. The quantitative estimate of drug-likeness (QED) is 0.867. The number of carbonyl (C=O) groups excluding carboxylic acids is 1. The van der Waals surface area contributed by atoms with Crippen LogP contribution >= 0.6 is 0 Å². The molecule has 0 atom stereocenters. The van der Waals surface area contributed by atoms with Gasteiger partial charge >= 0.3 is 0 Å². The summed E-state index contributed by atoms with van der Waals surface area (Å²) in [6.07, 6.45) is 5.80. The molecule has 0 N–H and O–H groups in total. The summed E-state index contributed by atoms with van der Waals surface area (Å²) < 4.78 is 2.09. The Bertz CT molecular complexity index is 682. The molecule has 0 saturated carbocycles. The molecule has 1 fully saturated rings. The van der Waals surface area contributed by atoms with Gasteiger partial charge in [-0.2, -0.15) is 0 Å². The summed E-state index contributed by atoms with van der Waals surface area (Å²) in [5.41, 5.74) is 2.01.